The lowest BCUT2D eigenvalue weighted by atomic mass is 9.64. The van der Waals surface area contributed by atoms with E-state index < -0.39 is 5.41 Å². The highest BCUT2D eigenvalue weighted by Crippen LogP contribution is 2.64. The van der Waals surface area contributed by atoms with Crippen LogP contribution in [0.2, 0.25) is 0 Å². The molecule has 0 bridgehead atoms. The van der Waals surface area contributed by atoms with Gasteiger partial charge in [0.05, 0.1) is 22.5 Å². The highest BCUT2D eigenvalue weighted by molar-refractivity contribution is 7.25. The van der Waals surface area contributed by atoms with E-state index in [1.807, 2.05) is 11.3 Å². The molecule has 0 saturated heterocycles. The normalized spacial score (nSPS) is 12.9. The molecular weight excluding hydrogens is 865 g/mol. The zero-order chi connectivity index (χ0) is 46.2. The van der Waals surface area contributed by atoms with E-state index in [-0.39, 0.29) is 0 Å². The van der Waals surface area contributed by atoms with Crippen molar-refractivity contribution in [2.24, 2.45) is 0 Å². The molecule has 70 heavy (non-hydrogen) atoms. The third-order valence-corrected chi connectivity index (χ3v) is 15.8. The molecule has 1 aliphatic heterocycles. The molecule has 3 heteroatoms. The standard InChI is InChI=1S/C67H44N2S/c1-3-20-45(21-4-1)50-24-7-8-25-52(50)55-27-10-15-33-61(55)68(48-40-38-46(39-41-48)51-29-19-37-65-66(51)56-28-11-18-36-64(56)70-65)49-42-43-54-53-26-9-12-30-57(53)67(60(54)44-49)58-31-13-16-34-62(58)69(47-22-5-2-6-23-47)63-35-17-14-32-59(63)67/h1-44H. The van der Waals surface area contributed by atoms with Crippen LogP contribution in [0.25, 0.3) is 64.7 Å². The van der Waals surface area contributed by atoms with Crippen molar-refractivity contribution >= 4 is 65.6 Å². The van der Waals surface area contributed by atoms with Crippen molar-refractivity contribution < 1.29 is 0 Å². The summed E-state index contributed by atoms with van der Waals surface area (Å²) in [5.74, 6) is 0. The first-order valence-electron chi connectivity index (χ1n) is 24.1. The smallest absolute Gasteiger partial charge is 0.0755 e. The molecular formula is C67H44N2S. The van der Waals surface area contributed by atoms with Crippen molar-refractivity contribution in [3.8, 4) is 44.5 Å². The van der Waals surface area contributed by atoms with E-state index in [0.717, 1.165) is 28.3 Å². The number of fused-ring (bicyclic) bond motifs is 12. The summed E-state index contributed by atoms with van der Waals surface area (Å²) in [5.41, 5.74) is 21.0. The summed E-state index contributed by atoms with van der Waals surface area (Å²) in [6.45, 7) is 0. The molecule has 0 saturated carbocycles. The Kier molecular flexibility index (Phi) is 9.33. The van der Waals surface area contributed by atoms with Crippen LogP contribution in [0.15, 0.2) is 267 Å². The van der Waals surface area contributed by atoms with Gasteiger partial charge in [0.15, 0.2) is 0 Å². The number of benzene rings is 11. The zero-order valence-electron chi connectivity index (χ0n) is 38.2. The van der Waals surface area contributed by atoms with Crippen molar-refractivity contribution in [3.63, 3.8) is 0 Å². The maximum absolute atomic E-state index is 2.51. The summed E-state index contributed by atoms with van der Waals surface area (Å²) < 4.78 is 2.62. The average Bonchev–Trinajstić information content (AvgIpc) is 3.96. The molecule has 2 aliphatic rings. The van der Waals surface area contributed by atoms with E-state index >= 15 is 0 Å². The Morgan fingerprint density at radius 1 is 0.329 bits per heavy atom. The molecule has 1 aromatic heterocycles. The first-order valence-corrected chi connectivity index (χ1v) is 24.9. The van der Waals surface area contributed by atoms with Crippen molar-refractivity contribution in [3.05, 3.63) is 289 Å². The summed E-state index contributed by atoms with van der Waals surface area (Å²) in [6, 6.07) is 98.7. The molecule has 1 spiro atoms. The molecule has 0 fully saturated rings. The largest absolute Gasteiger partial charge is 0.310 e. The van der Waals surface area contributed by atoms with Crippen LogP contribution in [0.3, 0.4) is 0 Å². The molecule has 11 aromatic carbocycles. The van der Waals surface area contributed by atoms with Gasteiger partial charge in [0.1, 0.15) is 0 Å². The van der Waals surface area contributed by atoms with Gasteiger partial charge in [-0.3, -0.25) is 0 Å². The lowest BCUT2D eigenvalue weighted by molar-refractivity contribution is 0.752. The molecule has 2 nitrogen and oxygen atoms in total. The van der Waals surface area contributed by atoms with Gasteiger partial charge in [-0.05, 0) is 128 Å². The summed E-state index contributed by atoms with van der Waals surface area (Å²) in [5, 5.41) is 2.62. The molecule has 2 heterocycles. The molecule has 1 aliphatic carbocycles. The molecule has 0 atom stereocenters. The Balaban J connectivity index is 1.02. The number of anilines is 6. The van der Waals surface area contributed by atoms with Crippen molar-refractivity contribution in [1.82, 2.24) is 0 Å². The van der Waals surface area contributed by atoms with Gasteiger partial charge in [-0.15, -0.1) is 11.3 Å². The van der Waals surface area contributed by atoms with Crippen LogP contribution in [-0.4, -0.2) is 0 Å². The summed E-state index contributed by atoms with van der Waals surface area (Å²) in [7, 11) is 0. The fraction of sp³-hybridized carbons (Fsp3) is 0.0149. The van der Waals surface area contributed by atoms with Crippen LogP contribution < -0.4 is 9.80 Å². The highest BCUT2D eigenvalue weighted by Gasteiger charge is 2.52. The van der Waals surface area contributed by atoms with E-state index in [4.69, 9.17) is 0 Å². The number of para-hydroxylation sites is 4. The van der Waals surface area contributed by atoms with E-state index in [9.17, 15) is 0 Å². The predicted molar refractivity (Wildman–Crippen MR) is 296 cm³/mol. The lowest BCUT2D eigenvalue weighted by Gasteiger charge is -2.45. The molecule has 0 N–H and O–H groups in total. The molecule has 12 aromatic rings. The van der Waals surface area contributed by atoms with Crippen LogP contribution in [0.1, 0.15) is 22.3 Å². The fourth-order valence-corrected chi connectivity index (χ4v) is 12.9. The van der Waals surface area contributed by atoms with Gasteiger partial charge >= 0.3 is 0 Å². The second-order valence-electron chi connectivity index (χ2n) is 18.3. The minimum atomic E-state index is -0.600. The minimum Gasteiger partial charge on any atom is -0.310 e. The fourth-order valence-electron chi connectivity index (χ4n) is 11.8. The van der Waals surface area contributed by atoms with E-state index in [1.54, 1.807) is 0 Å². The first kappa shape index (κ1) is 40.3. The van der Waals surface area contributed by atoms with Crippen LogP contribution in [0.5, 0.6) is 0 Å². The topological polar surface area (TPSA) is 6.48 Å². The van der Waals surface area contributed by atoms with Gasteiger partial charge in [-0.1, -0.05) is 200 Å². The van der Waals surface area contributed by atoms with Gasteiger partial charge in [0.25, 0.3) is 0 Å². The van der Waals surface area contributed by atoms with E-state index in [1.165, 1.54) is 92.7 Å². The van der Waals surface area contributed by atoms with Crippen molar-refractivity contribution in [2.75, 3.05) is 9.80 Å². The predicted octanol–water partition coefficient (Wildman–Crippen LogP) is 18.7. The minimum absolute atomic E-state index is 0.600. The highest BCUT2D eigenvalue weighted by atomic mass is 32.1. The van der Waals surface area contributed by atoms with Gasteiger partial charge in [0, 0.05) is 42.8 Å². The van der Waals surface area contributed by atoms with Crippen LogP contribution in [-0.2, 0) is 5.41 Å². The van der Waals surface area contributed by atoms with Gasteiger partial charge < -0.3 is 9.80 Å². The number of rotatable bonds is 7. The van der Waals surface area contributed by atoms with E-state index in [0.29, 0.717) is 0 Å². The van der Waals surface area contributed by atoms with Crippen LogP contribution in [0.4, 0.5) is 34.1 Å². The Hall–Kier alpha value is -8.76. The Morgan fingerprint density at radius 2 is 0.857 bits per heavy atom. The number of thiophene rings is 1. The summed E-state index contributed by atoms with van der Waals surface area (Å²) in [6.07, 6.45) is 0. The van der Waals surface area contributed by atoms with Gasteiger partial charge in [-0.2, -0.15) is 0 Å². The second kappa shape index (κ2) is 16.2. The second-order valence-corrected chi connectivity index (χ2v) is 19.4. The van der Waals surface area contributed by atoms with Gasteiger partial charge in [0.2, 0.25) is 0 Å². The summed E-state index contributed by atoms with van der Waals surface area (Å²) in [4.78, 5) is 4.95. The van der Waals surface area contributed by atoms with Crippen LogP contribution in [0, 0.1) is 0 Å². The average molecular weight is 909 g/mol. The molecule has 0 amide bonds. The third-order valence-electron chi connectivity index (χ3n) is 14.7. The van der Waals surface area contributed by atoms with Gasteiger partial charge in [-0.25, -0.2) is 0 Å². The monoisotopic (exact) mass is 908 g/mol. The Morgan fingerprint density at radius 3 is 1.61 bits per heavy atom. The summed E-state index contributed by atoms with van der Waals surface area (Å²) >= 11 is 1.87. The molecule has 0 radical (unpaired) electrons. The number of hydrogen-bond acceptors (Lipinski definition) is 3. The van der Waals surface area contributed by atoms with E-state index in [2.05, 4.69) is 277 Å². The van der Waals surface area contributed by atoms with Crippen molar-refractivity contribution in [2.45, 2.75) is 5.41 Å². The first-order chi connectivity index (χ1) is 34.8. The Labute approximate surface area is 412 Å². The quantitative estimate of drug-likeness (QED) is 0.157. The molecule has 0 unspecified atom stereocenters. The molecule has 14 rings (SSSR count). The number of hydrogen-bond donors (Lipinski definition) is 0. The Bertz CT molecular complexity index is 3920. The number of nitrogens with zero attached hydrogens (tertiary/aromatic N) is 2. The maximum atomic E-state index is 2.51. The van der Waals surface area contributed by atoms with Crippen molar-refractivity contribution in [1.29, 1.82) is 0 Å². The third kappa shape index (κ3) is 6.05. The lowest BCUT2D eigenvalue weighted by Crippen LogP contribution is -2.36. The molecule has 328 valence electrons. The maximum Gasteiger partial charge on any atom is 0.0755 e. The SMILES string of the molecule is c1ccc(-c2ccccc2-c2ccccc2N(c2ccc(-c3cccc4sc5ccccc5c34)cc2)c2ccc3c(c2)C2(c4ccccc4-3)c3ccccc3N(c3ccccc3)c3ccccc32)cc1. The zero-order valence-corrected chi connectivity index (χ0v) is 39.0. The van der Waals surface area contributed by atoms with Crippen LogP contribution >= 0.6 is 11.3 Å².